The summed E-state index contributed by atoms with van der Waals surface area (Å²) in [7, 11) is 0. The van der Waals surface area contributed by atoms with Gasteiger partial charge in [0.2, 0.25) is 0 Å². The maximum Gasteiger partial charge on any atom is 1.00 e. The quantitative estimate of drug-likeness (QED) is 0.204. The summed E-state index contributed by atoms with van der Waals surface area (Å²) in [6, 6.07) is 0. The molecule has 0 fully saturated rings. The largest absolute Gasteiger partial charge is 1.00 e. The van der Waals surface area contributed by atoms with Crippen LogP contribution in [0.15, 0.2) is 0 Å². The van der Waals surface area contributed by atoms with E-state index >= 15 is 0 Å². The first-order valence-corrected chi connectivity index (χ1v) is 3.24. The van der Waals surface area contributed by atoms with E-state index in [0.717, 1.165) is 0 Å². The molecule has 0 spiro atoms. The smallest absolute Gasteiger partial charge is 0.539 e. The van der Waals surface area contributed by atoms with Gasteiger partial charge in [-0.3, -0.25) is 0 Å². The minimum absolute atomic E-state index is 0. The average Bonchev–Trinajstić information content (AvgIpc) is 1.82. The van der Waals surface area contributed by atoms with Crippen LogP contribution in [0.3, 0.4) is 0 Å². The molecular formula is C4H4BrNaO4. The number of carbonyl (C=O) groups is 2. The van der Waals surface area contributed by atoms with Crippen molar-refractivity contribution in [1.82, 2.24) is 0 Å². The van der Waals surface area contributed by atoms with Gasteiger partial charge in [0.15, 0.2) is 5.97 Å². The molecule has 4 nitrogen and oxygen atoms in total. The van der Waals surface area contributed by atoms with Gasteiger partial charge in [0.25, 0.3) is 0 Å². The van der Waals surface area contributed by atoms with Gasteiger partial charge in [0.05, 0.1) is 0 Å². The zero-order valence-electron chi connectivity index (χ0n) is 5.43. The van der Waals surface area contributed by atoms with Crippen LogP contribution in [0.5, 0.6) is 0 Å². The first-order valence-electron chi connectivity index (χ1n) is 2.12. The normalized spacial score (nSPS) is 7.70. The summed E-state index contributed by atoms with van der Waals surface area (Å²) in [5.74, 6) is -3.13. The van der Waals surface area contributed by atoms with E-state index in [1.807, 2.05) is 0 Å². The van der Waals surface area contributed by atoms with Crippen LogP contribution in [0.1, 0.15) is 0 Å². The number of aliphatic carboxylic acids is 1. The third-order valence-corrected chi connectivity index (χ3v) is 0.801. The molecular weight excluding hydrogens is 215 g/mol. The minimum Gasteiger partial charge on any atom is -0.539 e. The van der Waals surface area contributed by atoms with Gasteiger partial charge in [-0.05, 0) is 0 Å². The van der Waals surface area contributed by atoms with E-state index in [1.54, 1.807) is 0 Å². The van der Waals surface area contributed by atoms with Gasteiger partial charge in [-0.25, -0.2) is 4.79 Å². The van der Waals surface area contributed by atoms with E-state index in [2.05, 4.69) is 20.7 Å². The molecule has 0 unspecified atom stereocenters. The average molecular weight is 219 g/mol. The number of halogens is 1. The molecule has 52 valence electrons. The van der Waals surface area contributed by atoms with Crippen molar-refractivity contribution < 1.29 is 49.0 Å². The number of esters is 1. The summed E-state index contributed by atoms with van der Waals surface area (Å²) >= 11 is 2.94. The molecule has 0 aromatic rings. The van der Waals surface area contributed by atoms with E-state index in [-0.39, 0.29) is 36.2 Å². The number of hydrogen-bond donors (Lipinski definition) is 0. The van der Waals surface area contributed by atoms with Crippen molar-refractivity contribution in [3.63, 3.8) is 0 Å². The Morgan fingerprint density at radius 1 is 1.50 bits per heavy atom. The summed E-state index contributed by atoms with van der Waals surface area (Å²) < 4.78 is 4.10. The van der Waals surface area contributed by atoms with Crippen LogP contribution in [-0.2, 0) is 14.3 Å². The third-order valence-electron chi connectivity index (χ3n) is 0.477. The Balaban J connectivity index is 0. The van der Waals surface area contributed by atoms with E-state index < -0.39 is 11.9 Å². The molecule has 0 aromatic heterocycles. The van der Waals surface area contributed by atoms with Crippen molar-refractivity contribution >= 4 is 27.9 Å². The van der Waals surface area contributed by atoms with Crippen LogP contribution >= 0.6 is 15.9 Å². The van der Waals surface area contributed by atoms with Crippen LogP contribution in [-0.4, -0.2) is 23.9 Å². The number of carbonyl (C=O) groups excluding carboxylic acids is 2. The van der Waals surface area contributed by atoms with Crippen molar-refractivity contribution in [2.75, 3.05) is 11.9 Å². The summed E-state index contributed by atoms with van der Waals surface area (Å²) in [5.41, 5.74) is 0. The molecule has 6 heteroatoms. The minimum atomic E-state index is -1.81. The Morgan fingerprint density at radius 3 is 2.30 bits per heavy atom. The second kappa shape index (κ2) is 7.53. The fraction of sp³-hybridized carbons (Fsp3) is 0.500. The molecule has 0 atom stereocenters. The van der Waals surface area contributed by atoms with Crippen LogP contribution in [0.4, 0.5) is 0 Å². The Morgan fingerprint density at radius 2 is 2.00 bits per heavy atom. The maximum atomic E-state index is 10.00. The second-order valence-corrected chi connectivity index (χ2v) is 1.91. The number of carboxylic acids is 1. The van der Waals surface area contributed by atoms with Gasteiger partial charge in [0.1, 0.15) is 6.61 Å². The topological polar surface area (TPSA) is 66.4 Å². The van der Waals surface area contributed by atoms with Gasteiger partial charge in [0, 0.05) is 5.33 Å². The zero-order valence-corrected chi connectivity index (χ0v) is 9.01. The summed E-state index contributed by atoms with van der Waals surface area (Å²) in [5, 5.41) is 10.0. The molecule has 0 aliphatic carbocycles. The van der Waals surface area contributed by atoms with E-state index in [0.29, 0.717) is 5.33 Å². The van der Waals surface area contributed by atoms with Crippen molar-refractivity contribution in [3.05, 3.63) is 0 Å². The molecule has 0 aliphatic rings. The molecule has 0 rings (SSSR count). The van der Waals surface area contributed by atoms with Crippen LogP contribution in [0, 0.1) is 0 Å². The Hall–Kier alpha value is 0.420. The standard InChI is InChI=1S/C4H5BrO4.Na/c5-1-2-9-4(8)3(6)7;/h1-2H2,(H,6,7);/q;+1/p-1. The van der Waals surface area contributed by atoms with Crippen LogP contribution < -0.4 is 34.7 Å². The van der Waals surface area contributed by atoms with Gasteiger partial charge < -0.3 is 14.6 Å². The SMILES string of the molecule is O=C([O-])C(=O)OCCBr.[Na+]. The molecule has 0 aromatic carbocycles. The molecule has 0 bridgehead atoms. The van der Waals surface area contributed by atoms with Gasteiger partial charge in [-0.15, -0.1) is 0 Å². The fourth-order valence-electron chi connectivity index (χ4n) is 0.190. The van der Waals surface area contributed by atoms with Crippen molar-refractivity contribution in [2.24, 2.45) is 0 Å². The molecule has 0 aliphatic heterocycles. The monoisotopic (exact) mass is 218 g/mol. The van der Waals surface area contributed by atoms with E-state index in [4.69, 9.17) is 0 Å². The first-order chi connectivity index (χ1) is 4.18. The predicted molar refractivity (Wildman–Crippen MR) is 29.8 cm³/mol. The van der Waals surface area contributed by atoms with Gasteiger partial charge >= 0.3 is 35.5 Å². The van der Waals surface area contributed by atoms with Crippen molar-refractivity contribution in [1.29, 1.82) is 0 Å². The van der Waals surface area contributed by atoms with E-state index in [9.17, 15) is 14.7 Å². The number of ether oxygens (including phenoxy) is 1. The van der Waals surface area contributed by atoms with Crippen LogP contribution in [0.25, 0.3) is 0 Å². The summed E-state index contributed by atoms with van der Waals surface area (Å²) in [6.45, 7) is 0.0484. The predicted octanol–water partition coefficient (Wildman–Crippen LogP) is -4.32. The Bertz CT molecular complexity index is 126. The maximum absolute atomic E-state index is 10.00. The molecule has 0 N–H and O–H groups in total. The molecule has 0 radical (unpaired) electrons. The van der Waals surface area contributed by atoms with Crippen molar-refractivity contribution in [3.8, 4) is 0 Å². The summed E-state index contributed by atoms with van der Waals surface area (Å²) in [4.78, 5) is 19.6. The number of rotatable bonds is 2. The number of hydrogen-bond acceptors (Lipinski definition) is 4. The molecule has 0 heterocycles. The number of alkyl halides is 1. The van der Waals surface area contributed by atoms with Gasteiger partial charge in [-0.2, -0.15) is 0 Å². The Labute approximate surface area is 88.3 Å². The van der Waals surface area contributed by atoms with E-state index in [1.165, 1.54) is 0 Å². The summed E-state index contributed by atoms with van der Waals surface area (Å²) in [6.07, 6.45) is 0. The molecule has 0 saturated carbocycles. The Kier molecular flexibility index (Phi) is 9.82. The molecule has 0 amide bonds. The number of carboxylic acid groups (broad SMARTS) is 1. The third kappa shape index (κ3) is 6.54. The zero-order chi connectivity index (χ0) is 7.28. The second-order valence-electron chi connectivity index (χ2n) is 1.11. The molecule has 0 saturated heterocycles. The fourth-order valence-corrected chi connectivity index (χ4v) is 0.352. The first kappa shape index (κ1) is 13.0. The van der Waals surface area contributed by atoms with Crippen LogP contribution in [0.2, 0.25) is 0 Å². The molecule has 10 heavy (non-hydrogen) atoms. The van der Waals surface area contributed by atoms with Crippen molar-refractivity contribution in [2.45, 2.75) is 0 Å². The van der Waals surface area contributed by atoms with Gasteiger partial charge in [-0.1, -0.05) is 15.9 Å².